The predicted molar refractivity (Wildman–Crippen MR) is 38.5 cm³/mol. The van der Waals surface area contributed by atoms with E-state index in [0.717, 1.165) is 12.1 Å². The second-order valence-corrected chi connectivity index (χ2v) is 2.25. The molecule has 1 aromatic carbocycles. The summed E-state index contributed by atoms with van der Waals surface area (Å²) in [6, 6.07) is 1.69. The number of phenols is 1. The van der Waals surface area contributed by atoms with Crippen molar-refractivity contribution in [3.63, 3.8) is 0 Å². The second-order valence-electron chi connectivity index (χ2n) is 1.85. The summed E-state index contributed by atoms with van der Waals surface area (Å²) in [6.45, 7) is 0. The lowest BCUT2D eigenvalue weighted by Gasteiger charge is -1.96. The van der Waals surface area contributed by atoms with E-state index in [1.807, 2.05) is 0 Å². The lowest BCUT2D eigenvalue weighted by atomic mass is 10.3. The first-order chi connectivity index (χ1) is 5.15. The molecule has 0 saturated heterocycles. The van der Waals surface area contributed by atoms with Crippen molar-refractivity contribution in [2.24, 2.45) is 5.18 Å². The molecule has 0 amide bonds. The van der Waals surface area contributed by atoms with Gasteiger partial charge in [-0.15, -0.1) is 4.91 Å². The molecule has 0 aliphatic carbocycles. The lowest BCUT2D eigenvalue weighted by Crippen LogP contribution is -1.75. The van der Waals surface area contributed by atoms with Gasteiger partial charge in [-0.05, 0) is 5.18 Å². The summed E-state index contributed by atoms with van der Waals surface area (Å²) in [5.41, 5.74) is -0.220. The van der Waals surface area contributed by atoms with Crippen molar-refractivity contribution in [3.8, 4) is 5.75 Å². The van der Waals surface area contributed by atoms with Crippen molar-refractivity contribution in [2.75, 3.05) is 0 Å². The van der Waals surface area contributed by atoms with Gasteiger partial charge < -0.3 is 5.11 Å². The van der Waals surface area contributed by atoms with Gasteiger partial charge in [-0.25, -0.2) is 4.39 Å². The second kappa shape index (κ2) is 2.84. The van der Waals surface area contributed by atoms with Gasteiger partial charge >= 0.3 is 0 Å². The van der Waals surface area contributed by atoms with E-state index in [1.165, 1.54) is 0 Å². The maximum Gasteiger partial charge on any atom is 0.167 e. The minimum absolute atomic E-state index is 0.0705. The highest BCUT2D eigenvalue weighted by molar-refractivity contribution is 6.33. The molecule has 11 heavy (non-hydrogen) atoms. The van der Waals surface area contributed by atoms with Crippen molar-refractivity contribution in [1.82, 2.24) is 0 Å². The highest BCUT2D eigenvalue weighted by Gasteiger charge is 2.06. The maximum atomic E-state index is 12.4. The topological polar surface area (TPSA) is 49.7 Å². The lowest BCUT2D eigenvalue weighted by molar-refractivity contribution is 0.432. The normalized spacial score (nSPS) is 9.64. The van der Waals surface area contributed by atoms with Gasteiger partial charge in [0.1, 0.15) is 5.69 Å². The molecule has 0 fully saturated rings. The molecule has 3 nitrogen and oxygen atoms in total. The zero-order chi connectivity index (χ0) is 8.43. The van der Waals surface area contributed by atoms with Crippen LogP contribution in [0.1, 0.15) is 0 Å². The summed E-state index contributed by atoms with van der Waals surface area (Å²) in [7, 11) is 0. The highest BCUT2D eigenvalue weighted by atomic mass is 35.5. The third-order valence-electron chi connectivity index (χ3n) is 1.11. The fourth-order valence-corrected chi connectivity index (χ4v) is 0.788. The van der Waals surface area contributed by atoms with Crippen LogP contribution in [0.25, 0.3) is 0 Å². The number of benzene rings is 1. The molecule has 0 atom stereocenters. The van der Waals surface area contributed by atoms with E-state index in [1.54, 1.807) is 0 Å². The molecule has 0 bridgehead atoms. The largest absolute Gasteiger partial charge is 0.505 e. The zero-order valence-corrected chi connectivity index (χ0v) is 5.97. The van der Waals surface area contributed by atoms with Crippen LogP contribution in [0.15, 0.2) is 17.3 Å². The Morgan fingerprint density at radius 1 is 1.55 bits per heavy atom. The Labute approximate surface area is 66.4 Å². The van der Waals surface area contributed by atoms with Crippen molar-refractivity contribution < 1.29 is 9.50 Å². The molecule has 0 aromatic heterocycles. The minimum Gasteiger partial charge on any atom is -0.505 e. The number of nitroso groups, excluding NO2 is 1. The molecule has 0 aliphatic rings. The first kappa shape index (κ1) is 7.94. The number of rotatable bonds is 1. The molecule has 5 heteroatoms. The van der Waals surface area contributed by atoms with E-state index in [9.17, 15) is 9.30 Å². The quantitative estimate of drug-likeness (QED) is 0.667. The standard InChI is InChI=1S/C6H3ClFNO2/c7-3-1-6(10)4(8)2-5(3)9-11/h1-2,10H. The highest BCUT2D eigenvalue weighted by Crippen LogP contribution is 2.30. The third kappa shape index (κ3) is 1.46. The smallest absolute Gasteiger partial charge is 0.167 e. The number of aromatic hydroxyl groups is 1. The summed E-state index contributed by atoms with van der Waals surface area (Å²) in [6.07, 6.45) is 0. The van der Waals surface area contributed by atoms with Gasteiger partial charge in [0, 0.05) is 12.1 Å². The number of nitrogens with zero attached hydrogens (tertiary/aromatic N) is 1. The molecule has 0 spiro atoms. The number of hydrogen-bond acceptors (Lipinski definition) is 3. The van der Waals surface area contributed by atoms with Crippen molar-refractivity contribution >= 4 is 17.3 Å². The van der Waals surface area contributed by atoms with Gasteiger partial charge in [-0.3, -0.25) is 0 Å². The molecule has 0 radical (unpaired) electrons. The molecule has 1 N–H and O–H groups in total. The third-order valence-corrected chi connectivity index (χ3v) is 1.42. The Bertz CT molecular complexity index is 303. The number of halogens is 2. The Morgan fingerprint density at radius 3 is 2.73 bits per heavy atom. The molecular weight excluding hydrogens is 173 g/mol. The van der Waals surface area contributed by atoms with Crippen LogP contribution in [0, 0.1) is 10.7 Å². The van der Waals surface area contributed by atoms with Crippen LogP contribution < -0.4 is 0 Å². The first-order valence-corrected chi connectivity index (χ1v) is 3.04. The summed E-state index contributed by atoms with van der Waals surface area (Å²) >= 11 is 5.38. The van der Waals surface area contributed by atoms with Gasteiger partial charge in [0.05, 0.1) is 5.02 Å². The average molecular weight is 176 g/mol. The monoisotopic (exact) mass is 175 g/mol. The molecule has 1 rings (SSSR count). The van der Waals surface area contributed by atoms with Gasteiger partial charge in [0.2, 0.25) is 0 Å². The van der Waals surface area contributed by atoms with Crippen molar-refractivity contribution in [1.29, 1.82) is 0 Å². The maximum absolute atomic E-state index is 12.4. The molecule has 0 aliphatic heterocycles. The van der Waals surface area contributed by atoms with Crippen LogP contribution in [-0.2, 0) is 0 Å². The molecule has 0 heterocycles. The van der Waals surface area contributed by atoms with Crippen molar-refractivity contribution in [3.05, 3.63) is 27.9 Å². The summed E-state index contributed by atoms with van der Waals surface area (Å²) in [4.78, 5) is 9.91. The first-order valence-electron chi connectivity index (χ1n) is 2.66. The molecule has 0 unspecified atom stereocenters. The average Bonchev–Trinajstić information content (AvgIpc) is 1.97. The summed E-state index contributed by atoms with van der Waals surface area (Å²) in [5, 5.41) is 11.1. The fraction of sp³-hybridized carbons (Fsp3) is 0. The van der Waals surface area contributed by atoms with Gasteiger partial charge in [0.15, 0.2) is 11.6 Å². The predicted octanol–water partition coefficient (Wildman–Crippen LogP) is 2.58. The van der Waals surface area contributed by atoms with E-state index < -0.39 is 11.6 Å². The minimum atomic E-state index is -0.913. The molecule has 58 valence electrons. The van der Waals surface area contributed by atoms with Crippen LogP contribution >= 0.6 is 11.6 Å². The van der Waals surface area contributed by atoms with E-state index in [0.29, 0.717) is 0 Å². The van der Waals surface area contributed by atoms with Gasteiger partial charge in [-0.1, -0.05) is 11.6 Å². The Balaban J connectivity index is 3.31. The summed E-state index contributed by atoms with van der Waals surface area (Å²) < 4.78 is 12.4. The van der Waals surface area contributed by atoms with E-state index >= 15 is 0 Å². The SMILES string of the molecule is O=Nc1cc(F)c(O)cc1Cl. The number of phenolic OH excluding ortho intramolecular Hbond substituents is 1. The molecule has 1 aromatic rings. The van der Waals surface area contributed by atoms with Crippen LogP contribution in [0.5, 0.6) is 5.75 Å². The Kier molecular flexibility index (Phi) is 2.05. The summed E-state index contributed by atoms with van der Waals surface area (Å²) in [5.74, 6) is -1.51. The Morgan fingerprint density at radius 2 is 2.18 bits per heavy atom. The van der Waals surface area contributed by atoms with Crippen LogP contribution in [0.2, 0.25) is 5.02 Å². The molecular formula is C6H3ClFNO2. The van der Waals surface area contributed by atoms with Crippen LogP contribution in [-0.4, -0.2) is 5.11 Å². The van der Waals surface area contributed by atoms with Crippen LogP contribution in [0.3, 0.4) is 0 Å². The number of hydrogen-bond donors (Lipinski definition) is 1. The fourth-order valence-electron chi connectivity index (χ4n) is 0.596. The van der Waals surface area contributed by atoms with E-state index in [4.69, 9.17) is 16.7 Å². The van der Waals surface area contributed by atoms with Crippen molar-refractivity contribution in [2.45, 2.75) is 0 Å². The van der Waals surface area contributed by atoms with Crippen LogP contribution in [0.4, 0.5) is 10.1 Å². The van der Waals surface area contributed by atoms with Gasteiger partial charge in [-0.2, -0.15) is 0 Å². The zero-order valence-electron chi connectivity index (χ0n) is 5.21. The molecule has 0 saturated carbocycles. The Hall–Kier alpha value is -1.16. The van der Waals surface area contributed by atoms with Gasteiger partial charge in [0.25, 0.3) is 0 Å². The van der Waals surface area contributed by atoms with E-state index in [-0.39, 0.29) is 10.7 Å². The van der Waals surface area contributed by atoms with E-state index in [2.05, 4.69) is 5.18 Å².